The van der Waals surface area contributed by atoms with Gasteiger partial charge in [0.15, 0.2) is 0 Å². The maximum atomic E-state index is 9.75. The maximum absolute atomic E-state index is 9.75. The third-order valence-electron chi connectivity index (χ3n) is 0.289. The van der Waals surface area contributed by atoms with E-state index in [0.717, 1.165) is 0 Å². The Kier molecular flexibility index (Phi) is 7.08. The van der Waals surface area contributed by atoms with Crippen LogP contribution in [0.3, 0.4) is 0 Å². The van der Waals surface area contributed by atoms with Gasteiger partial charge in [0.05, 0.1) is 0 Å². The molecule has 0 aliphatic heterocycles. The van der Waals surface area contributed by atoms with E-state index in [1.807, 2.05) is 19.3 Å². The Balaban J connectivity index is 0. The van der Waals surface area contributed by atoms with Crippen LogP contribution in [0.25, 0.3) is 0 Å². The van der Waals surface area contributed by atoms with Crippen LogP contribution in [0.2, 0.25) is 0 Å². The van der Waals surface area contributed by atoms with Crippen LogP contribution >= 0.6 is 0 Å². The van der Waals surface area contributed by atoms with Gasteiger partial charge in [-0.3, -0.25) is 0 Å². The molecule has 0 aliphatic rings. The van der Waals surface area contributed by atoms with Gasteiger partial charge in [-0.25, -0.2) is 0 Å². The van der Waals surface area contributed by atoms with Crippen LogP contribution in [-0.2, 0) is 12.6 Å². The van der Waals surface area contributed by atoms with Crippen molar-refractivity contribution in [3.8, 4) is 0 Å². The highest BCUT2D eigenvalue weighted by molar-refractivity contribution is 7.62. The van der Waals surface area contributed by atoms with Gasteiger partial charge in [-0.2, -0.15) is 0 Å². The van der Waals surface area contributed by atoms with Crippen molar-refractivity contribution < 1.29 is 17.3 Å². The Hall–Kier alpha value is -0.125. The lowest BCUT2D eigenvalue weighted by Gasteiger charge is -1.94. The van der Waals surface area contributed by atoms with E-state index in [2.05, 4.69) is 12.6 Å². The van der Waals surface area contributed by atoms with Gasteiger partial charge in [-0.05, 0) is 32.0 Å². The number of hydrogen-bond donors (Lipinski definition) is 0. The van der Waals surface area contributed by atoms with E-state index >= 15 is 0 Å². The average Bonchev–Trinajstić information content (AvgIpc) is 1.61. The fourth-order valence-electron chi connectivity index (χ4n) is 0. The lowest BCUT2D eigenvalue weighted by molar-refractivity contribution is 0.368. The molecule has 0 fully saturated rings. The fraction of sp³-hybridized carbons (Fsp3) is 0.500. The first-order chi connectivity index (χ1) is 4.27. The zero-order valence-corrected chi connectivity index (χ0v) is 6.67. The molecule has 62 valence electrons. The monoisotopic (exact) mass is 176 g/mol. The van der Waals surface area contributed by atoms with E-state index in [4.69, 9.17) is 0 Å². The van der Waals surface area contributed by atoms with Gasteiger partial charge in [0.1, 0.15) is 5.41 Å². The molecule has 0 atom stereocenters. The molecule has 0 aromatic rings. The molecule has 0 aromatic heterocycles. The van der Waals surface area contributed by atoms with Crippen LogP contribution in [-0.4, -0.2) is 7.25 Å². The minimum atomic E-state index is -6.00. The van der Waals surface area contributed by atoms with E-state index in [1.165, 1.54) is 5.57 Å². The predicted molar refractivity (Wildman–Crippen MR) is 39.8 cm³/mol. The highest BCUT2D eigenvalue weighted by atomic mass is 32.1. The predicted octanol–water partition coefficient (Wildman–Crippen LogP) is 2.22. The van der Waals surface area contributed by atoms with Crippen LogP contribution in [0.4, 0.5) is 17.3 Å². The Bertz CT molecular complexity index is 98.3. The summed E-state index contributed by atoms with van der Waals surface area (Å²) in [6, 6.07) is 0. The molecule has 0 aromatic carbocycles. The molecule has 0 heterocycles. The van der Waals surface area contributed by atoms with Crippen LogP contribution in [0.5, 0.6) is 0 Å². The number of halogens is 4. The molecule has 0 aliphatic carbocycles. The second kappa shape index (κ2) is 5.64. The lowest BCUT2D eigenvalue weighted by atomic mass is 10.3. The largest absolute Gasteiger partial charge is 0.673 e. The summed E-state index contributed by atoms with van der Waals surface area (Å²) in [7, 11) is -6.00. The Labute approximate surface area is 62.8 Å². The molecule has 0 saturated carbocycles. The summed E-state index contributed by atoms with van der Waals surface area (Å²) in [6.07, 6.45) is 0. The first-order valence-electron chi connectivity index (χ1n) is 2.45. The summed E-state index contributed by atoms with van der Waals surface area (Å²) in [5.41, 5.74) is 1.29. The van der Waals surface area contributed by atoms with Crippen LogP contribution < -0.4 is 0 Å². The van der Waals surface area contributed by atoms with Crippen molar-refractivity contribution in [3.63, 3.8) is 0 Å². The summed E-state index contributed by atoms with van der Waals surface area (Å²) < 4.78 is 39.0. The highest BCUT2D eigenvalue weighted by Crippen LogP contribution is 2.06. The molecule has 0 N–H and O–H groups in total. The molecule has 0 radical (unpaired) electrons. The third kappa shape index (κ3) is 106. The van der Waals surface area contributed by atoms with Gasteiger partial charge >= 0.3 is 7.25 Å². The first-order valence-corrected chi connectivity index (χ1v) is 3.03. The summed E-state index contributed by atoms with van der Waals surface area (Å²) >= 11 is 3.19. The van der Waals surface area contributed by atoms with Gasteiger partial charge in [0.25, 0.3) is 0 Å². The zero-order valence-electron chi connectivity index (χ0n) is 5.67. The van der Waals surface area contributed by atoms with Gasteiger partial charge in [-0.15, -0.1) is 0 Å². The summed E-state index contributed by atoms with van der Waals surface area (Å²) in [5.74, 6) is 0. The van der Waals surface area contributed by atoms with Gasteiger partial charge < -0.3 is 17.3 Å². The van der Waals surface area contributed by atoms with Crippen LogP contribution in [0.1, 0.15) is 13.8 Å². The van der Waals surface area contributed by atoms with E-state index in [-0.39, 0.29) is 0 Å². The Morgan fingerprint density at radius 3 is 1.30 bits per heavy atom. The van der Waals surface area contributed by atoms with E-state index in [0.29, 0.717) is 0 Å². The summed E-state index contributed by atoms with van der Waals surface area (Å²) in [5, 5.41) is 1.89. The molecule has 10 heavy (non-hydrogen) atoms. The number of hydrogen-bond acceptors (Lipinski definition) is 0. The summed E-state index contributed by atoms with van der Waals surface area (Å²) in [6.45, 7) is 4.07. The van der Waals surface area contributed by atoms with Gasteiger partial charge in [0.2, 0.25) is 0 Å². The van der Waals surface area contributed by atoms with Gasteiger partial charge in [0, 0.05) is 0 Å². The molecule has 0 unspecified atom stereocenters. The van der Waals surface area contributed by atoms with Crippen LogP contribution in [0.15, 0.2) is 11.0 Å². The minimum absolute atomic E-state index is 1.29. The Morgan fingerprint density at radius 1 is 1.20 bits per heavy atom. The molecule has 0 bridgehead atoms. The quantitative estimate of drug-likeness (QED) is 0.301. The highest BCUT2D eigenvalue weighted by Gasteiger charge is 2.20. The second-order valence-electron chi connectivity index (χ2n) is 1.72. The van der Waals surface area contributed by atoms with Crippen molar-refractivity contribution in [1.29, 1.82) is 0 Å². The SMILES string of the molecule is CC(C)=C[SH2+].F[B-](F)(F)F. The molecule has 0 nitrogen and oxygen atoms in total. The standard InChI is InChI=1S/C4H8S.BF4/c1-4(2)3-5;2-1(3,4)5/h3,5H,1-2H3;/q;-1/p+1. The van der Waals surface area contributed by atoms with E-state index < -0.39 is 7.25 Å². The molecule has 0 spiro atoms. The third-order valence-corrected chi connectivity index (χ3v) is 0.866. The fourth-order valence-corrected chi connectivity index (χ4v) is 0. The van der Waals surface area contributed by atoms with Crippen molar-refractivity contribution in [2.75, 3.05) is 0 Å². The molecule has 0 rings (SSSR count). The normalized spacial score (nSPS) is 9.50. The molecule has 0 amide bonds. The molecule has 0 saturated heterocycles. The van der Waals surface area contributed by atoms with Crippen LogP contribution in [0, 0.1) is 0 Å². The van der Waals surface area contributed by atoms with Crippen molar-refractivity contribution in [2.45, 2.75) is 13.8 Å². The molecular weight excluding hydrogens is 167 g/mol. The van der Waals surface area contributed by atoms with E-state index in [9.17, 15) is 17.3 Å². The van der Waals surface area contributed by atoms with E-state index in [1.54, 1.807) is 0 Å². The van der Waals surface area contributed by atoms with Crippen molar-refractivity contribution in [3.05, 3.63) is 11.0 Å². The average molecular weight is 176 g/mol. The second-order valence-corrected chi connectivity index (χ2v) is 2.01. The van der Waals surface area contributed by atoms with Gasteiger partial charge in [-0.1, -0.05) is 0 Å². The zero-order chi connectivity index (χ0) is 8.78. The topological polar surface area (TPSA) is 0 Å². The van der Waals surface area contributed by atoms with Crippen molar-refractivity contribution in [2.24, 2.45) is 0 Å². The minimum Gasteiger partial charge on any atom is -0.418 e. The first kappa shape index (κ1) is 12.5. The van der Waals surface area contributed by atoms with Crippen molar-refractivity contribution in [1.82, 2.24) is 0 Å². The molecular formula is C4H9BF4S. The number of rotatable bonds is 0. The van der Waals surface area contributed by atoms with Crippen molar-refractivity contribution >= 4 is 19.9 Å². The Morgan fingerprint density at radius 2 is 1.30 bits per heavy atom. The molecule has 6 heteroatoms. The number of allylic oxidation sites excluding steroid dienone is 1. The summed E-state index contributed by atoms with van der Waals surface area (Å²) in [4.78, 5) is 0. The smallest absolute Gasteiger partial charge is 0.418 e. The maximum Gasteiger partial charge on any atom is 0.673 e. The lowest BCUT2D eigenvalue weighted by Crippen LogP contribution is -2.02.